The van der Waals surface area contributed by atoms with Crippen molar-refractivity contribution in [2.45, 2.75) is 42.0 Å². The van der Waals surface area contributed by atoms with Crippen LogP contribution in [0.25, 0.3) is 0 Å². The lowest BCUT2D eigenvalue weighted by atomic mass is 9.86. The molecule has 2 aromatic rings. The van der Waals surface area contributed by atoms with Gasteiger partial charge in [0.25, 0.3) is 5.91 Å². The van der Waals surface area contributed by atoms with Crippen molar-refractivity contribution in [1.82, 2.24) is 14.5 Å². The number of amides is 4. The van der Waals surface area contributed by atoms with E-state index in [1.54, 1.807) is 0 Å². The SMILES string of the molecule is C[C@@H]1C[C@@H](C)CN(S(=O)(=O)c2ccc(NC(=O)CN3C(=O)N[C@]4(CCS(=O)(=O)c5ccc(F)cc54)C3=O)cc2)C1. The molecule has 0 aliphatic carbocycles. The largest absolute Gasteiger partial charge is 0.325 e. The second kappa shape index (κ2) is 9.93. The minimum absolute atomic E-state index is 0.0842. The van der Waals surface area contributed by atoms with Gasteiger partial charge in [-0.1, -0.05) is 13.8 Å². The van der Waals surface area contributed by atoms with E-state index in [1.807, 2.05) is 13.8 Å². The van der Waals surface area contributed by atoms with E-state index in [-0.39, 0.29) is 39.3 Å². The van der Waals surface area contributed by atoms with Crippen LogP contribution >= 0.6 is 0 Å². The number of fused-ring (bicyclic) bond motifs is 2. The number of hydrogen-bond acceptors (Lipinski definition) is 7. The van der Waals surface area contributed by atoms with Crippen molar-refractivity contribution in [1.29, 1.82) is 0 Å². The predicted octanol–water partition coefficient (Wildman–Crippen LogP) is 2.06. The Morgan fingerprint density at radius 1 is 1.10 bits per heavy atom. The third-order valence-electron chi connectivity index (χ3n) is 7.57. The summed E-state index contributed by atoms with van der Waals surface area (Å²) in [5, 5.41) is 5.01. The molecule has 0 aromatic heterocycles. The summed E-state index contributed by atoms with van der Waals surface area (Å²) < 4.78 is 66.8. The molecule has 2 fully saturated rings. The van der Waals surface area contributed by atoms with E-state index in [0.717, 1.165) is 24.6 Å². The minimum atomic E-state index is -3.79. The maximum atomic E-state index is 14.1. The molecule has 11 nitrogen and oxygen atoms in total. The van der Waals surface area contributed by atoms with Gasteiger partial charge in [-0.25, -0.2) is 26.0 Å². The van der Waals surface area contributed by atoms with Crippen LogP contribution in [0.5, 0.6) is 0 Å². The molecule has 3 heterocycles. The number of urea groups is 1. The minimum Gasteiger partial charge on any atom is -0.325 e. The number of benzene rings is 2. The molecule has 3 atom stereocenters. The Morgan fingerprint density at radius 3 is 2.40 bits per heavy atom. The molecule has 0 bridgehead atoms. The van der Waals surface area contributed by atoms with Crippen molar-refractivity contribution < 1.29 is 35.6 Å². The highest BCUT2D eigenvalue weighted by atomic mass is 32.2. The topological polar surface area (TPSA) is 150 Å². The molecular formula is C26H29FN4O7S2. The molecule has 1 spiro atoms. The van der Waals surface area contributed by atoms with E-state index in [1.165, 1.54) is 28.6 Å². The highest BCUT2D eigenvalue weighted by Gasteiger charge is 2.56. The number of carbonyl (C=O) groups excluding carboxylic acids is 3. The van der Waals surface area contributed by atoms with E-state index in [0.29, 0.717) is 18.0 Å². The number of imide groups is 1. The maximum Gasteiger partial charge on any atom is 0.325 e. The van der Waals surface area contributed by atoms with Gasteiger partial charge < -0.3 is 10.6 Å². The standard InChI is InChI=1S/C26H29FN4O7S2/c1-16-11-17(2)14-30(13-16)40(37,38)20-6-4-19(5-7-20)28-23(32)15-31-24(33)26(29-25(31)34)9-10-39(35,36)22-8-3-18(27)12-21(22)26/h3-8,12,16-17H,9-11,13-15H2,1-2H3,(H,28,32)(H,29,34)/t16-,17-,26+/m1/s1. The summed E-state index contributed by atoms with van der Waals surface area (Å²) in [5.41, 5.74) is -1.73. The molecule has 2 N–H and O–H groups in total. The number of piperidine rings is 1. The second-order valence-electron chi connectivity index (χ2n) is 10.8. The number of sulfonamides is 1. The van der Waals surface area contributed by atoms with Gasteiger partial charge in [0.15, 0.2) is 9.84 Å². The van der Waals surface area contributed by atoms with Gasteiger partial charge in [0.1, 0.15) is 17.9 Å². The zero-order valence-electron chi connectivity index (χ0n) is 21.9. The summed E-state index contributed by atoms with van der Waals surface area (Å²) in [5.74, 6) is -2.33. The quantitative estimate of drug-likeness (QED) is 0.399. The lowest BCUT2D eigenvalue weighted by Gasteiger charge is -2.34. The highest BCUT2D eigenvalue weighted by molar-refractivity contribution is 7.91. The molecule has 5 rings (SSSR count). The fraction of sp³-hybridized carbons (Fsp3) is 0.423. The summed E-state index contributed by atoms with van der Waals surface area (Å²) in [7, 11) is -7.50. The summed E-state index contributed by atoms with van der Waals surface area (Å²) in [6.07, 6.45) is 0.650. The first-order valence-electron chi connectivity index (χ1n) is 12.8. The molecule has 0 radical (unpaired) electrons. The smallest absolute Gasteiger partial charge is 0.325 e. The lowest BCUT2D eigenvalue weighted by Crippen LogP contribution is -2.49. The van der Waals surface area contributed by atoms with Gasteiger partial charge in [0.05, 0.1) is 15.5 Å². The zero-order valence-corrected chi connectivity index (χ0v) is 23.5. The van der Waals surface area contributed by atoms with Gasteiger partial charge in [-0.2, -0.15) is 4.31 Å². The second-order valence-corrected chi connectivity index (χ2v) is 14.8. The number of halogens is 1. The highest BCUT2D eigenvalue weighted by Crippen LogP contribution is 2.41. The Hall–Kier alpha value is -3.36. The van der Waals surface area contributed by atoms with Crippen LogP contribution in [0.1, 0.15) is 32.3 Å². The molecule has 40 heavy (non-hydrogen) atoms. The molecular weight excluding hydrogens is 563 g/mol. The number of sulfone groups is 1. The van der Waals surface area contributed by atoms with Gasteiger partial charge >= 0.3 is 6.03 Å². The van der Waals surface area contributed by atoms with Crippen LogP contribution in [0.2, 0.25) is 0 Å². The molecule has 3 aliphatic rings. The van der Waals surface area contributed by atoms with Crippen molar-refractivity contribution in [3.05, 3.63) is 53.8 Å². The number of nitrogens with one attached hydrogen (secondary N) is 2. The van der Waals surface area contributed by atoms with Crippen LogP contribution < -0.4 is 10.6 Å². The zero-order chi connectivity index (χ0) is 29.0. The van der Waals surface area contributed by atoms with Crippen LogP contribution in [0, 0.1) is 17.7 Å². The summed E-state index contributed by atoms with van der Waals surface area (Å²) >= 11 is 0. The van der Waals surface area contributed by atoms with Crippen LogP contribution in [0.15, 0.2) is 52.3 Å². The Morgan fingerprint density at radius 2 is 1.75 bits per heavy atom. The monoisotopic (exact) mass is 592 g/mol. The van der Waals surface area contributed by atoms with E-state index < -0.39 is 61.4 Å². The molecule has 3 aliphatic heterocycles. The molecule has 0 saturated carbocycles. The Kier molecular flexibility index (Phi) is 6.99. The fourth-order valence-corrected chi connectivity index (χ4v) is 9.08. The summed E-state index contributed by atoms with van der Waals surface area (Å²) in [6, 6.07) is 7.62. The average Bonchev–Trinajstić information content (AvgIpc) is 3.11. The predicted molar refractivity (Wildman–Crippen MR) is 142 cm³/mol. The van der Waals surface area contributed by atoms with Gasteiger partial charge in [0, 0.05) is 24.3 Å². The number of carbonyl (C=O) groups is 3. The van der Waals surface area contributed by atoms with Crippen LogP contribution in [0.3, 0.4) is 0 Å². The number of anilines is 1. The van der Waals surface area contributed by atoms with Crippen LogP contribution in [0.4, 0.5) is 14.9 Å². The van der Waals surface area contributed by atoms with Gasteiger partial charge in [-0.05, 0) is 67.1 Å². The Balaban J connectivity index is 1.30. The van der Waals surface area contributed by atoms with E-state index in [2.05, 4.69) is 10.6 Å². The van der Waals surface area contributed by atoms with E-state index in [4.69, 9.17) is 0 Å². The van der Waals surface area contributed by atoms with Gasteiger partial charge in [-0.3, -0.25) is 14.5 Å². The molecule has 2 saturated heterocycles. The molecule has 14 heteroatoms. The Bertz CT molecular complexity index is 1600. The average molecular weight is 593 g/mol. The third kappa shape index (κ3) is 4.88. The van der Waals surface area contributed by atoms with Gasteiger partial charge in [0.2, 0.25) is 15.9 Å². The number of nitrogens with zero attached hydrogens (tertiary/aromatic N) is 2. The van der Waals surface area contributed by atoms with Crippen molar-refractivity contribution >= 4 is 43.4 Å². The normalized spacial score (nSPS) is 26.4. The van der Waals surface area contributed by atoms with Crippen molar-refractivity contribution in [3.8, 4) is 0 Å². The molecule has 214 valence electrons. The van der Waals surface area contributed by atoms with Crippen LogP contribution in [-0.2, 0) is 35.0 Å². The maximum absolute atomic E-state index is 14.1. The first kappa shape index (κ1) is 28.2. The van der Waals surface area contributed by atoms with Crippen LogP contribution in [-0.4, -0.2) is 69.3 Å². The molecule has 0 unspecified atom stereocenters. The number of rotatable bonds is 5. The van der Waals surface area contributed by atoms with Crippen molar-refractivity contribution in [2.75, 3.05) is 30.7 Å². The first-order valence-corrected chi connectivity index (χ1v) is 15.9. The van der Waals surface area contributed by atoms with Crippen molar-refractivity contribution in [3.63, 3.8) is 0 Å². The van der Waals surface area contributed by atoms with Gasteiger partial charge in [-0.15, -0.1) is 0 Å². The molecule has 4 amide bonds. The summed E-state index contributed by atoms with van der Waals surface area (Å²) in [6.45, 7) is 4.20. The van der Waals surface area contributed by atoms with E-state index in [9.17, 15) is 35.6 Å². The van der Waals surface area contributed by atoms with E-state index >= 15 is 0 Å². The Labute approximate surface area is 231 Å². The summed E-state index contributed by atoms with van der Waals surface area (Å²) in [4.78, 5) is 39.4. The first-order chi connectivity index (χ1) is 18.7. The third-order valence-corrected chi connectivity index (χ3v) is 11.2. The molecule has 2 aromatic carbocycles. The number of hydrogen-bond donors (Lipinski definition) is 2. The fourth-order valence-electron chi connectivity index (χ4n) is 5.77. The van der Waals surface area contributed by atoms with Crippen molar-refractivity contribution in [2.24, 2.45) is 11.8 Å². The lowest BCUT2D eigenvalue weighted by molar-refractivity contribution is -0.134.